The Morgan fingerprint density at radius 3 is 3.12 bits per heavy atom. The van der Waals surface area contributed by atoms with Crippen LogP contribution in [-0.4, -0.2) is 0 Å². The lowest BCUT2D eigenvalue weighted by molar-refractivity contribution is 0.754. The summed E-state index contributed by atoms with van der Waals surface area (Å²) < 4.78 is 0. The van der Waals surface area contributed by atoms with Crippen molar-refractivity contribution in [3.8, 4) is 0 Å². The van der Waals surface area contributed by atoms with Gasteiger partial charge in [0.2, 0.25) is 0 Å². The van der Waals surface area contributed by atoms with Gasteiger partial charge in [0.1, 0.15) is 0 Å². The van der Waals surface area contributed by atoms with Gasteiger partial charge in [-0.1, -0.05) is 19.1 Å². The molecule has 0 saturated carbocycles. The molecule has 0 heterocycles. The predicted molar refractivity (Wildman–Crippen MR) is 36.5 cm³/mol. The largest absolute Gasteiger partial charge is 0.0885 e. The van der Waals surface area contributed by atoms with E-state index >= 15 is 0 Å². The molecule has 0 saturated heterocycles. The molecule has 1 aliphatic rings. The minimum absolute atomic E-state index is 1.22. The fourth-order valence-electron chi connectivity index (χ4n) is 1.03. The molecule has 1 aliphatic carbocycles. The molecule has 0 fully saturated rings. The van der Waals surface area contributed by atoms with Crippen molar-refractivity contribution in [2.45, 2.75) is 32.6 Å². The smallest absolute Gasteiger partial charge is 0.0234 e. The second kappa shape index (κ2) is 2.91. The Bertz CT molecular complexity index is 82.0. The van der Waals surface area contributed by atoms with Crippen molar-refractivity contribution in [2.24, 2.45) is 0 Å². The molecule has 0 aromatic rings. The van der Waals surface area contributed by atoms with E-state index in [0.29, 0.717) is 0 Å². The first-order chi connectivity index (χ1) is 3.89. The summed E-state index contributed by atoms with van der Waals surface area (Å²) in [5.74, 6) is 1.64. The average molecular weight is 109 g/mol. The maximum Gasteiger partial charge on any atom is -0.0234 e. The van der Waals surface area contributed by atoms with Gasteiger partial charge in [-0.15, -0.1) is 0 Å². The van der Waals surface area contributed by atoms with Gasteiger partial charge in [0.15, 0.2) is 0 Å². The summed E-state index contributed by atoms with van der Waals surface area (Å²) in [5.41, 5.74) is 0. The highest BCUT2D eigenvalue weighted by atomic mass is 14.1. The Kier molecular flexibility index (Phi) is 2.13. The Hall–Kier alpha value is -0.260. The molecule has 1 rings (SSSR count). The quantitative estimate of drug-likeness (QED) is 0.419. The summed E-state index contributed by atoms with van der Waals surface area (Å²) in [7, 11) is 0. The minimum Gasteiger partial charge on any atom is -0.0885 e. The second-order valence-electron chi connectivity index (χ2n) is 2.52. The minimum atomic E-state index is 1.22. The van der Waals surface area contributed by atoms with Gasteiger partial charge < -0.3 is 0 Å². The highest BCUT2D eigenvalue weighted by molar-refractivity contribution is 4.98. The van der Waals surface area contributed by atoms with E-state index in [1.165, 1.54) is 25.7 Å². The average Bonchev–Trinajstić information content (AvgIpc) is 1.94. The van der Waals surface area contributed by atoms with Crippen LogP contribution in [0.15, 0.2) is 12.2 Å². The van der Waals surface area contributed by atoms with E-state index in [0.717, 1.165) is 0 Å². The number of hydrogen-bond acceptors (Lipinski definition) is 0. The Labute approximate surface area is 51.6 Å². The van der Waals surface area contributed by atoms with Gasteiger partial charge in [-0.05, 0) is 31.6 Å². The van der Waals surface area contributed by atoms with E-state index in [2.05, 4.69) is 19.1 Å². The molecule has 0 N–H and O–H groups in total. The summed E-state index contributed by atoms with van der Waals surface area (Å²) in [6, 6.07) is 0. The Morgan fingerprint density at radius 2 is 2.25 bits per heavy atom. The number of hydrogen-bond donors (Lipinski definition) is 0. The number of allylic oxidation sites excluding steroid dienone is 2. The molecule has 0 aromatic heterocycles. The lowest BCUT2D eigenvalue weighted by Gasteiger charge is -2.01. The summed E-state index contributed by atoms with van der Waals surface area (Å²) in [5, 5.41) is 0. The molecule has 45 valence electrons. The van der Waals surface area contributed by atoms with Gasteiger partial charge in [-0.25, -0.2) is 0 Å². The van der Waals surface area contributed by atoms with E-state index in [9.17, 15) is 0 Å². The highest BCUT2D eigenvalue weighted by Gasteiger charge is 2.01. The lowest BCUT2D eigenvalue weighted by atomic mass is 10.0. The summed E-state index contributed by atoms with van der Waals surface area (Å²) in [6.45, 7) is 2.25. The molecular formula is C8H13. The SMILES string of the molecule is C[C]1CC=CCCC1. The molecule has 0 bridgehead atoms. The normalized spacial score (nSPS) is 23.1. The first kappa shape index (κ1) is 5.87. The van der Waals surface area contributed by atoms with Crippen LogP contribution in [0.3, 0.4) is 0 Å². The van der Waals surface area contributed by atoms with Gasteiger partial charge in [0.25, 0.3) is 0 Å². The van der Waals surface area contributed by atoms with Crippen molar-refractivity contribution in [1.29, 1.82) is 0 Å². The molecular weight excluding hydrogens is 96.1 g/mol. The molecule has 8 heavy (non-hydrogen) atoms. The second-order valence-corrected chi connectivity index (χ2v) is 2.52. The van der Waals surface area contributed by atoms with Crippen LogP contribution in [0.2, 0.25) is 0 Å². The molecule has 1 radical (unpaired) electrons. The molecule has 0 unspecified atom stereocenters. The molecule has 0 aliphatic heterocycles. The molecule has 0 nitrogen and oxygen atoms in total. The van der Waals surface area contributed by atoms with Crippen LogP contribution in [0.5, 0.6) is 0 Å². The van der Waals surface area contributed by atoms with Crippen molar-refractivity contribution in [3.05, 3.63) is 18.1 Å². The lowest BCUT2D eigenvalue weighted by Crippen LogP contribution is -1.85. The van der Waals surface area contributed by atoms with Crippen LogP contribution in [0.25, 0.3) is 0 Å². The van der Waals surface area contributed by atoms with E-state index in [1.54, 1.807) is 5.92 Å². The van der Waals surface area contributed by atoms with E-state index < -0.39 is 0 Å². The molecule has 0 atom stereocenters. The third-order valence-electron chi connectivity index (χ3n) is 1.61. The fourth-order valence-corrected chi connectivity index (χ4v) is 1.03. The van der Waals surface area contributed by atoms with Gasteiger partial charge in [-0.3, -0.25) is 0 Å². The van der Waals surface area contributed by atoms with Crippen LogP contribution in [0, 0.1) is 5.92 Å². The van der Waals surface area contributed by atoms with Crippen LogP contribution in [-0.2, 0) is 0 Å². The van der Waals surface area contributed by atoms with Crippen LogP contribution in [0.4, 0.5) is 0 Å². The zero-order valence-electron chi connectivity index (χ0n) is 5.48. The zero-order chi connectivity index (χ0) is 5.82. The van der Waals surface area contributed by atoms with Crippen LogP contribution < -0.4 is 0 Å². The van der Waals surface area contributed by atoms with Crippen molar-refractivity contribution in [3.63, 3.8) is 0 Å². The first-order valence-electron chi connectivity index (χ1n) is 3.36. The van der Waals surface area contributed by atoms with Crippen LogP contribution in [0.1, 0.15) is 32.6 Å². The maximum atomic E-state index is 2.29. The topological polar surface area (TPSA) is 0 Å². The van der Waals surface area contributed by atoms with Crippen LogP contribution >= 0.6 is 0 Å². The predicted octanol–water partition coefficient (Wildman–Crippen LogP) is 2.71. The zero-order valence-corrected chi connectivity index (χ0v) is 5.48. The van der Waals surface area contributed by atoms with Gasteiger partial charge in [0.05, 0.1) is 0 Å². The van der Waals surface area contributed by atoms with Crippen molar-refractivity contribution >= 4 is 0 Å². The van der Waals surface area contributed by atoms with Crippen molar-refractivity contribution in [1.82, 2.24) is 0 Å². The monoisotopic (exact) mass is 109 g/mol. The van der Waals surface area contributed by atoms with E-state index in [-0.39, 0.29) is 0 Å². The standard InChI is InChI=1S/C8H13/c1-8-6-4-2-3-5-7-8/h2,4H,3,5-7H2,1H3. The van der Waals surface area contributed by atoms with Gasteiger partial charge in [-0.2, -0.15) is 0 Å². The third kappa shape index (κ3) is 1.69. The molecule has 0 aromatic carbocycles. The van der Waals surface area contributed by atoms with Gasteiger partial charge in [0, 0.05) is 0 Å². The molecule has 0 amide bonds. The number of rotatable bonds is 0. The summed E-state index contributed by atoms with van der Waals surface area (Å²) >= 11 is 0. The fraction of sp³-hybridized carbons (Fsp3) is 0.625. The Balaban J connectivity index is 2.30. The first-order valence-corrected chi connectivity index (χ1v) is 3.36. The van der Waals surface area contributed by atoms with Gasteiger partial charge >= 0.3 is 0 Å². The van der Waals surface area contributed by atoms with E-state index in [1.807, 2.05) is 0 Å². The summed E-state index contributed by atoms with van der Waals surface area (Å²) in [4.78, 5) is 0. The van der Waals surface area contributed by atoms with Crippen molar-refractivity contribution < 1.29 is 0 Å². The third-order valence-corrected chi connectivity index (χ3v) is 1.61. The van der Waals surface area contributed by atoms with Crippen molar-refractivity contribution in [2.75, 3.05) is 0 Å². The maximum absolute atomic E-state index is 2.29. The summed E-state index contributed by atoms with van der Waals surface area (Å²) in [6.07, 6.45) is 9.78. The molecule has 0 spiro atoms. The highest BCUT2D eigenvalue weighted by Crippen LogP contribution is 2.18. The molecule has 0 heteroatoms. The van der Waals surface area contributed by atoms with E-state index in [4.69, 9.17) is 0 Å². The Morgan fingerprint density at radius 1 is 1.38 bits per heavy atom.